The van der Waals surface area contributed by atoms with Gasteiger partial charge in [0.2, 0.25) is 0 Å². The first-order valence-electron chi connectivity index (χ1n) is 8.52. The summed E-state index contributed by atoms with van der Waals surface area (Å²) in [6, 6.07) is 8.23. The van der Waals surface area contributed by atoms with Crippen molar-refractivity contribution in [3.05, 3.63) is 46.5 Å². The lowest BCUT2D eigenvalue weighted by molar-refractivity contribution is 0.157. The molecule has 0 unspecified atom stereocenters. The summed E-state index contributed by atoms with van der Waals surface area (Å²) in [6.45, 7) is 1.80. The molecule has 0 radical (unpaired) electrons. The molecule has 0 saturated carbocycles. The van der Waals surface area contributed by atoms with Crippen molar-refractivity contribution in [1.29, 1.82) is 0 Å². The molecule has 0 bridgehead atoms. The van der Waals surface area contributed by atoms with Gasteiger partial charge in [-0.3, -0.25) is 4.90 Å². The molecular formula is C20H23NO4. The third-order valence-electron chi connectivity index (χ3n) is 5.43. The Balaban J connectivity index is 1.76. The number of fused-ring (bicyclic) bond motifs is 4. The fourth-order valence-corrected chi connectivity index (χ4v) is 4.17. The zero-order chi connectivity index (χ0) is 17.6. The maximum Gasteiger partial charge on any atom is 0.165 e. The van der Waals surface area contributed by atoms with Crippen molar-refractivity contribution in [2.24, 2.45) is 0 Å². The molecule has 25 heavy (non-hydrogen) atoms. The molecule has 0 aromatic heterocycles. The highest BCUT2D eigenvalue weighted by molar-refractivity contribution is 5.54. The van der Waals surface area contributed by atoms with Crippen LogP contribution < -0.4 is 14.2 Å². The Morgan fingerprint density at radius 1 is 1.00 bits per heavy atom. The van der Waals surface area contributed by atoms with E-state index < -0.39 is 0 Å². The maximum absolute atomic E-state index is 10.2. The van der Waals surface area contributed by atoms with Gasteiger partial charge in [-0.05, 0) is 47.7 Å². The van der Waals surface area contributed by atoms with Crippen LogP contribution in [0.5, 0.6) is 23.0 Å². The zero-order valence-corrected chi connectivity index (χ0v) is 14.8. The molecule has 0 fully saturated rings. The minimum absolute atomic E-state index is 0.209. The molecule has 2 aromatic carbocycles. The van der Waals surface area contributed by atoms with E-state index in [-0.39, 0.29) is 11.8 Å². The first kappa shape index (κ1) is 16.1. The van der Waals surface area contributed by atoms with E-state index in [1.165, 1.54) is 22.3 Å². The molecule has 0 spiro atoms. The normalized spacial score (nSPS) is 18.8. The number of hydrogen-bond acceptors (Lipinski definition) is 5. The summed E-state index contributed by atoms with van der Waals surface area (Å²) in [5, 5.41) is 10.2. The summed E-state index contributed by atoms with van der Waals surface area (Å²) in [4.78, 5) is 2.46. The number of aromatic hydroxyl groups is 1. The predicted molar refractivity (Wildman–Crippen MR) is 94.8 cm³/mol. The molecule has 0 aliphatic carbocycles. The van der Waals surface area contributed by atoms with E-state index in [1.54, 1.807) is 21.3 Å². The van der Waals surface area contributed by atoms with Crippen molar-refractivity contribution in [2.45, 2.75) is 25.4 Å². The summed E-state index contributed by atoms with van der Waals surface area (Å²) in [6.07, 6.45) is 1.85. The van der Waals surface area contributed by atoms with Crippen LogP contribution in [0.25, 0.3) is 0 Å². The van der Waals surface area contributed by atoms with Crippen molar-refractivity contribution in [1.82, 2.24) is 4.90 Å². The van der Waals surface area contributed by atoms with E-state index in [0.29, 0.717) is 5.75 Å². The molecule has 2 aromatic rings. The summed E-state index contributed by atoms with van der Waals surface area (Å²) >= 11 is 0. The highest BCUT2D eigenvalue weighted by atomic mass is 16.5. The number of nitrogens with zero attached hydrogens (tertiary/aromatic N) is 1. The van der Waals surface area contributed by atoms with Gasteiger partial charge in [0, 0.05) is 24.7 Å². The number of ether oxygens (including phenoxy) is 3. The van der Waals surface area contributed by atoms with E-state index in [2.05, 4.69) is 11.0 Å². The summed E-state index contributed by atoms with van der Waals surface area (Å²) in [7, 11) is 4.95. The molecule has 2 heterocycles. The quantitative estimate of drug-likeness (QED) is 0.930. The van der Waals surface area contributed by atoms with Crippen LogP contribution in [0, 0.1) is 0 Å². The van der Waals surface area contributed by atoms with Crippen LogP contribution in [0.15, 0.2) is 24.3 Å². The van der Waals surface area contributed by atoms with Crippen molar-refractivity contribution >= 4 is 0 Å². The number of phenolic OH excluding ortho intramolecular Hbond substituents is 1. The lowest BCUT2D eigenvalue weighted by Crippen LogP contribution is -2.39. The van der Waals surface area contributed by atoms with Crippen molar-refractivity contribution in [3.8, 4) is 23.0 Å². The Morgan fingerprint density at radius 2 is 1.80 bits per heavy atom. The SMILES string of the molecule is COc1cc2c(cc1O)[C@H]1Cc3ccc(OC)c(OC)c3CN1CC2. The lowest BCUT2D eigenvalue weighted by atomic mass is 9.83. The Morgan fingerprint density at radius 3 is 2.52 bits per heavy atom. The first-order chi connectivity index (χ1) is 12.2. The lowest BCUT2D eigenvalue weighted by Gasteiger charge is -2.42. The molecular weight excluding hydrogens is 318 g/mol. The van der Waals surface area contributed by atoms with Crippen LogP contribution in [0.4, 0.5) is 0 Å². The standard InChI is InChI=1S/C20H23NO4/c1-23-18-5-4-12-8-16-14-10-17(22)19(24-2)9-13(14)6-7-21(16)11-15(12)20(18)25-3/h4-5,9-10,16,22H,6-8,11H2,1-3H3/t16-/m1/s1. The predicted octanol–water partition coefficient (Wildman–Crippen LogP) is 3.07. The highest BCUT2D eigenvalue weighted by Gasteiger charge is 2.34. The Labute approximate surface area is 147 Å². The van der Waals surface area contributed by atoms with E-state index in [9.17, 15) is 5.11 Å². The van der Waals surface area contributed by atoms with Crippen LogP contribution in [0.1, 0.15) is 28.3 Å². The van der Waals surface area contributed by atoms with E-state index >= 15 is 0 Å². The van der Waals surface area contributed by atoms with Gasteiger partial charge in [-0.1, -0.05) is 6.07 Å². The second kappa shape index (κ2) is 6.15. The minimum atomic E-state index is 0.209. The van der Waals surface area contributed by atoms with Crippen LogP contribution in [0.3, 0.4) is 0 Å². The monoisotopic (exact) mass is 341 g/mol. The van der Waals surface area contributed by atoms with Gasteiger partial charge in [-0.25, -0.2) is 0 Å². The topological polar surface area (TPSA) is 51.2 Å². The van der Waals surface area contributed by atoms with Crippen LogP contribution in [0.2, 0.25) is 0 Å². The second-order valence-electron chi connectivity index (χ2n) is 6.60. The van der Waals surface area contributed by atoms with E-state index in [0.717, 1.165) is 37.4 Å². The van der Waals surface area contributed by atoms with Crippen LogP contribution in [-0.4, -0.2) is 37.9 Å². The average molecular weight is 341 g/mol. The van der Waals surface area contributed by atoms with Gasteiger partial charge in [-0.2, -0.15) is 0 Å². The Kier molecular flexibility index (Phi) is 3.96. The van der Waals surface area contributed by atoms with Gasteiger partial charge in [0.15, 0.2) is 23.0 Å². The van der Waals surface area contributed by atoms with Gasteiger partial charge >= 0.3 is 0 Å². The smallest absolute Gasteiger partial charge is 0.165 e. The second-order valence-corrected chi connectivity index (χ2v) is 6.60. The van der Waals surface area contributed by atoms with Crippen LogP contribution in [-0.2, 0) is 19.4 Å². The van der Waals surface area contributed by atoms with Crippen LogP contribution >= 0.6 is 0 Å². The highest BCUT2D eigenvalue weighted by Crippen LogP contribution is 2.45. The zero-order valence-electron chi connectivity index (χ0n) is 14.8. The number of phenols is 1. The Bertz CT molecular complexity index is 818. The molecule has 5 heteroatoms. The summed E-state index contributed by atoms with van der Waals surface area (Å²) < 4.78 is 16.3. The number of hydrogen-bond donors (Lipinski definition) is 1. The van der Waals surface area contributed by atoms with E-state index in [4.69, 9.17) is 14.2 Å². The maximum atomic E-state index is 10.2. The summed E-state index contributed by atoms with van der Waals surface area (Å²) in [5.41, 5.74) is 4.95. The van der Waals surface area contributed by atoms with Gasteiger partial charge in [0.1, 0.15) is 0 Å². The van der Waals surface area contributed by atoms with Gasteiger partial charge in [-0.15, -0.1) is 0 Å². The van der Waals surface area contributed by atoms with Gasteiger partial charge < -0.3 is 19.3 Å². The fourth-order valence-electron chi connectivity index (χ4n) is 4.17. The summed E-state index contributed by atoms with van der Waals surface area (Å²) in [5.74, 6) is 2.37. The first-order valence-corrected chi connectivity index (χ1v) is 8.52. The van der Waals surface area contributed by atoms with Crippen molar-refractivity contribution < 1.29 is 19.3 Å². The van der Waals surface area contributed by atoms with Crippen molar-refractivity contribution in [2.75, 3.05) is 27.9 Å². The molecule has 2 aliphatic heterocycles. The molecule has 0 saturated heterocycles. The molecule has 1 atom stereocenters. The van der Waals surface area contributed by atoms with Gasteiger partial charge in [0.25, 0.3) is 0 Å². The average Bonchev–Trinajstić information content (AvgIpc) is 2.65. The largest absolute Gasteiger partial charge is 0.504 e. The third-order valence-corrected chi connectivity index (χ3v) is 5.43. The number of benzene rings is 2. The fraction of sp³-hybridized carbons (Fsp3) is 0.400. The number of rotatable bonds is 3. The minimum Gasteiger partial charge on any atom is -0.504 e. The van der Waals surface area contributed by atoms with E-state index in [1.807, 2.05) is 18.2 Å². The van der Waals surface area contributed by atoms with Crippen molar-refractivity contribution in [3.63, 3.8) is 0 Å². The molecule has 1 N–H and O–H groups in total. The third kappa shape index (κ3) is 2.50. The molecule has 4 rings (SSSR count). The molecule has 132 valence electrons. The molecule has 2 aliphatic rings. The Hall–Kier alpha value is -2.40. The van der Waals surface area contributed by atoms with Gasteiger partial charge in [0.05, 0.1) is 21.3 Å². The molecule has 5 nitrogen and oxygen atoms in total. The number of methoxy groups -OCH3 is 3. The molecule has 0 amide bonds.